The van der Waals surface area contributed by atoms with Gasteiger partial charge in [-0.05, 0) is 35.0 Å². The number of nitrogens with one attached hydrogen (secondary N) is 1. The molecule has 1 aromatic carbocycles. The number of rotatable bonds is 5. The number of non-ortho nitro benzene ring substituents is 1. The minimum absolute atomic E-state index is 0.0114. The van der Waals surface area contributed by atoms with Gasteiger partial charge in [-0.15, -0.1) is 0 Å². The minimum atomic E-state index is -0.591. The Balaban J connectivity index is 2.65. The van der Waals surface area contributed by atoms with Gasteiger partial charge in [-0.3, -0.25) is 15.5 Å². The van der Waals surface area contributed by atoms with Crippen LogP contribution in [0.4, 0.5) is 11.4 Å². The van der Waals surface area contributed by atoms with Crippen LogP contribution in [-0.4, -0.2) is 22.1 Å². The van der Waals surface area contributed by atoms with Crippen molar-refractivity contribution in [2.75, 3.05) is 12.0 Å². The van der Waals surface area contributed by atoms with Crippen molar-refractivity contribution in [3.63, 3.8) is 0 Å². The summed E-state index contributed by atoms with van der Waals surface area (Å²) in [5.74, 6) is -0.591. The van der Waals surface area contributed by atoms with Gasteiger partial charge in [0.25, 0.3) is 5.69 Å². The molecule has 7 nitrogen and oxygen atoms in total. The van der Waals surface area contributed by atoms with E-state index in [4.69, 9.17) is 4.74 Å². The summed E-state index contributed by atoms with van der Waals surface area (Å²) in [6.07, 6.45) is 0. The van der Waals surface area contributed by atoms with Crippen LogP contribution in [0.15, 0.2) is 29.4 Å². The highest BCUT2D eigenvalue weighted by atomic mass is 79.9. The largest absolute Gasteiger partial charge is 0.461 e. The summed E-state index contributed by atoms with van der Waals surface area (Å²) >= 11 is 2.94. The summed E-state index contributed by atoms with van der Waals surface area (Å²) in [6, 6.07) is 5.62. The predicted octanol–water partition coefficient (Wildman–Crippen LogP) is 2.28. The number of esters is 1. The first-order valence-corrected chi connectivity index (χ1v) is 5.74. The molecule has 1 N–H and O–H groups in total. The lowest BCUT2D eigenvalue weighted by molar-refractivity contribution is -0.384. The molecule has 0 aromatic heterocycles. The number of nitro groups is 1. The third kappa shape index (κ3) is 4.13. The molecule has 0 saturated heterocycles. The first kappa shape index (κ1) is 14.1. The smallest absolute Gasteiger partial charge is 0.366 e. The maximum atomic E-state index is 11.2. The molecule has 8 heteroatoms. The van der Waals surface area contributed by atoms with Crippen molar-refractivity contribution in [2.45, 2.75) is 6.92 Å². The zero-order valence-electron chi connectivity index (χ0n) is 9.42. The number of hydrazone groups is 1. The van der Waals surface area contributed by atoms with Crippen LogP contribution in [0.2, 0.25) is 0 Å². The average molecular weight is 316 g/mol. The van der Waals surface area contributed by atoms with E-state index >= 15 is 0 Å². The van der Waals surface area contributed by atoms with Gasteiger partial charge in [0.15, 0.2) is 0 Å². The molecule has 1 aromatic rings. The molecule has 0 unspecified atom stereocenters. The maximum Gasteiger partial charge on any atom is 0.366 e. The molecule has 0 atom stereocenters. The second-order valence-electron chi connectivity index (χ2n) is 3.04. The molecule has 0 fully saturated rings. The van der Waals surface area contributed by atoms with E-state index in [1.165, 1.54) is 24.3 Å². The van der Waals surface area contributed by atoms with E-state index in [1.807, 2.05) is 0 Å². The van der Waals surface area contributed by atoms with Crippen molar-refractivity contribution >= 4 is 37.9 Å². The normalized spacial score (nSPS) is 10.9. The molecule has 0 bridgehead atoms. The van der Waals surface area contributed by atoms with Gasteiger partial charge in [-0.2, -0.15) is 5.10 Å². The molecule has 0 aliphatic rings. The fraction of sp³-hybridized carbons (Fsp3) is 0.200. The van der Waals surface area contributed by atoms with E-state index in [0.717, 1.165) is 0 Å². The summed E-state index contributed by atoms with van der Waals surface area (Å²) in [7, 11) is 0. The fourth-order valence-corrected chi connectivity index (χ4v) is 1.21. The van der Waals surface area contributed by atoms with Crippen LogP contribution in [-0.2, 0) is 9.53 Å². The summed E-state index contributed by atoms with van der Waals surface area (Å²) in [4.78, 5) is 21.1. The molecule has 18 heavy (non-hydrogen) atoms. The van der Waals surface area contributed by atoms with Crippen LogP contribution in [0.1, 0.15) is 6.92 Å². The Morgan fingerprint density at radius 3 is 2.61 bits per heavy atom. The van der Waals surface area contributed by atoms with Gasteiger partial charge in [-0.1, -0.05) is 0 Å². The van der Waals surface area contributed by atoms with E-state index in [9.17, 15) is 14.9 Å². The Hall–Kier alpha value is -1.96. The Morgan fingerprint density at radius 2 is 2.11 bits per heavy atom. The second kappa shape index (κ2) is 6.70. The van der Waals surface area contributed by atoms with E-state index in [1.54, 1.807) is 6.92 Å². The Labute approximate surface area is 111 Å². The molecule has 0 saturated carbocycles. The number of anilines is 1. The summed E-state index contributed by atoms with van der Waals surface area (Å²) in [5, 5.41) is 14.2. The maximum absolute atomic E-state index is 11.2. The van der Waals surface area contributed by atoms with Gasteiger partial charge in [-0.25, -0.2) is 4.79 Å². The van der Waals surface area contributed by atoms with Gasteiger partial charge < -0.3 is 4.74 Å². The highest BCUT2D eigenvalue weighted by molar-refractivity contribution is 9.19. The van der Waals surface area contributed by atoms with Gasteiger partial charge in [0.1, 0.15) is 0 Å². The van der Waals surface area contributed by atoms with E-state index in [0.29, 0.717) is 5.69 Å². The number of benzene rings is 1. The van der Waals surface area contributed by atoms with Gasteiger partial charge in [0.05, 0.1) is 17.2 Å². The fourth-order valence-electron chi connectivity index (χ4n) is 1.01. The second-order valence-corrected chi connectivity index (χ2v) is 3.79. The first-order chi connectivity index (χ1) is 8.54. The first-order valence-electron chi connectivity index (χ1n) is 4.95. The predicted molar refractivity (Wildman–Crippen MR) is 69.7 cm³/mol. The zero-order chi connectivity index (χ0) is 13.5. The number of hydrogen-bond acceptors (Lipinski definition) is 6. The molecule has 0 amide bonds. The molecular formula is C10H10BrN3O4. The van der Waals surface area contributed by atoms with Crippen molar-refractivity contribution in [2.24, 2.45) is 5.10 Å². The number of hydrogen-bond donors (Lipinski definition) is 1. The quantitative estimate of drug-likeness (QED) is 0.389. The molecule has 0 aliphatic carbocycles. The standard InChI is InChI=1S/C10H10BrN3O4/c1-2-18-10(15)9(11)13-12-7-3-5-8(6-4-7)14(16)17/h3-6,12H,2H2,1H3/b13-9-. The van der Waals surface area contributed by atoms with Crippen molar-refractivity contribution in [1.82, 2.24) is 0 Å². The SMILES string of the molecule is CCOC(=O)/C(Br)=N/Nc1ccc([N+](=O)[O-])cc1. The van der Waals surface area contributed by atoms with Gasteiger partial charge >= 0.3 is 5.97 Å². The summed E-state index contributed by atoms with van der Waals surface area (Å²) in [6.45, 7) is 1.93. The molecule has 0 radical (unpaired) electrons. The minimum Gasteiger partial charge on any atom is -0.461 e. The number of halogens is 1. The molecule has 96 valence electrons. The molecular weight excluding hydrogens is 306 g/mol. The summed E-state index contributed by atoms with van der Waals surface area (Å²) in [5.41, 5.74) is 3.06. The van der Waals surface area contributed by atoms with Gasteiger partial charge in [0.2, 0.25) is 4.62 Å². The molecule has 1 rings (SSSR count). The summed E-state index contributed by atoms with van der Waals surface area (Å²) < 4.78 is 4.69. The van der Waals surface area contributed by atoms with Crippen LogP contribution < -0.4 is 5.43 Å². The van der Waals surface area contributed by atoms with Crippen LogP contribution >= 0.6 is 15.9 Å². The third-order valence-electron chi connectivity index (χ3n) is 1.81. The van der Waals surface area contributed by atoms with Crippen LogP contribution in [0, 0.1) is 10.1 Å². The van der Waals surface area contributed by atoms with Gasteiger partial charge in [0, 0.05) is 12.1 Å². The van der Waals surface area contributed by atoms with Crippen molar-refractivity contribution in [3.05, 3.63) is 34.4 Å². The van der Waals surface area contributed by atoms with E-state index in [2.05, 4.69) is 26.5 Å². The highest BCUT2D eigenvalue weighted by Gasteiger charge is 2.08. The zero-order valence-corrected chi connectivity index (χ0v) is 11.0. The molecule has 0 spiro atoms. The lowest BCUT2D eigenvalue weighted by Gasteiger charge is -2.01. The Morgan fingerprint density at radius 1 is 1.50 bits per heavy atom. The monoisotopic (exact) mass is 315 g/mol. The topological polar surface area (TPSA) is 93.8 Å². The van der Waals surface area contributed by atoms with Crippen LogP contribution in [0.3, 0.4) is 0 Å². The van der Waals surface area contributed by atoms with Crippen molar-refractivity contribution in [1.29, 1.82) is 0 Å². The van der Waals surface area contributed by atoms with Crippen molar-refractivity contribution in [3.8, 4) is 0 Å². The lowest BCUT2D eigenvalue weighted by atomic mass is 10.3. The average Bonchev–Trinajstić information content (AvgIpc) is 2.36. The van der Waals surface area contributed by atoms with Crippen LogP contribution in [0.5, 0.6) is 0 Å². The van der Waals surface area contributed by atoms with Crippen LogP contribution in [0.25, 0.3) is 0 Å². The lowest BCUT2D eigenvalue weighted by Crippen LogP contribution is -2.12. The molecule has 0 heterocycles. The number of nitro benzene ring substituents is 1. The number of nitrogens with zero attached hydrogens (tertiary/aromatic N) is 2. The van der Waals surface area contributed by atoms with E-state index in [-0.39, 0.29) is 16.9 Å². The number of ether oxygens (including phenoxy) is 1. The van der Waals surface area contributed by atoms with E-state index < -0.39 is 10.9 Å². The Kier molecular flexibility index (Phi) is 5.25. The third-order valence-corrected chi connectivity index (χ3v) is 2.31. The van der Waals surface area contributed by atoms with Crippen molar-refractivity contribution < 1.29 is 14.5 Å². The number of carbonyl (C=O) groups excluding carboxylic acids is 1. The Bertz CT molecular complexity index is 473. The number of carbonyl (C=O) groups is 1. The highest BCUT2D eigenvalue weighted by Crippen LogP contribution is 2.15. The molecule has 0 aliphatic heterocycles.